The Balaban J connectivity index is 2.73. The normalized spacial score (nSPS) is 16.7. The first-order valence-electron chi connectivity index (χ1n) is 7.76. The molecular weight excluding hydrogens is 404 g/mol. The number of allylic oxidation sites excluding steroid dienone is 2. The highest BCUT2D eigenvalue weighted by atomic mass is 79.9. The lowest BCUT2D eigenvalue weighted by Gasteiger charge is -2.28. The average molecular weight is 423 g/mol. The molecule has 138 valence electrons. The van der Waals surface area contributed by atoms with Crippen molar-refractivity contribution < 1.29 is 23.7 Å². The van der Waals surface area contributed by atoms with Gasteiger partial charge in [0.1, 0.15) is 17.4 Å². The molecule has 2 rings (SSSR count). The second kappa shape index (κ2) is 8.15. The molecule has 0 unspecified atom stereocenters. The standard InChI is InChI=1S/C18H19BrN2O5/c1-5-25-18(22)15-9(2)26-17(21)11(8-20)16(15)10-6-13(23-3)14(24-4)7-12(10)19/h6-7,16H,5,21H2,1-4H3/t16-/m1/s1. The fraction of sp³-hybridized carbons (Fsp3) is 0.333. The number of methoxy groups -OCH3 is 2. The molecule has 1 aromatic rings. The Morgan fingerprint density at radius 2 is 1.96 bits per heavy atom. The fourth-order valence-corrected chi connectivity index (χ4v) is 3.31. The van der Waals surface area contributed by atoms with Gasteiger partial charge in [0, 0.05) is 4.47 Å². The summed E-state index contributed by atoms with van der Waals surface area (Å²) in [5.41, 5.74) is 6.83. The SMILES string of the molecule is CCOC(=O)C1=C(C)OC(N)=C(C#N)[C@H]1c1cc(OC)c(OC)cc1Br. The quantitative estimate of drug-likeness (QED) is 0.726. The molecule has 26 heavy (non-hydrogen) atoms. The van der Waals surface area contributed by atoms with Crippen LogP contribution in [0.2, 0.25) is 0 Å². The van der Waals surface area contributed by atoms with Gasteiger partial charge in [0.15, 0.2) is 11.5 Å². The number of halogens is 1. The molecule has 0 spiro atoms. The summed E-state index contributed by atoms with van der Waals surface area (Å²) >= 11 is 3.48. The zero-order valence-corrected chi connectivity index (χ0v) is 16.5. The van der Waals surface area contributed by atoms with Gasteiger partial charge in [0.05, 0.1) is 32.3 Å². The lowest BCUT2D eigenvalue weighted by Crippen LogP contribution is -2.25. The van der Waals surface area contributed by atoms with E-state index >= 15 is 0 Å². The maximum absolute atomic E-state index is 12.5. The van der Waals surface area contributed by atoms with Crippen LogP contribution < -0.4 is 15.2 Å². The van der Waals surface area contributed by atoms with Crippen molar-refractivity contribution in [3.8, 4) is 17.6 Å². The minimum atomic E-state index is -0.762. The van der Waals surface area contributed by atoms with E-state index in [0.29, 0.717) is 21.5 Å². The summed E-state index contributed by atoms with van der Waals surface area (Å²) in [6.45, 7) is 3.50. The van der Waals surface area contributed by atoms with Gasteiger partial charge < -0.3 is 24.7 Å². The predicted molar refractivity (Wildman–Crippen MR) is 97.2 cm³/mol. The van der Waals surface area contributed by atoms with E-state index in [1.165, 1.54) is 14.2 Å². The van der Waals surface area contributed by atoms with Crippen LogP contribution in [-0.2, 0) is 14.3 Å². The molecule has 7 nitrogen and oxygen atoms in total. The van der Waals surface area contributed by atoms with Gasteiger partial charge in [-0.2, -0.15) is 5.26 Å². The molecule has 1 aromatic carbocycles. The molecule has 1 aliphatic heterocycles. The van der Waals surface area contributed by atoms with Crippen LogP contribution in [0.5, 0.6) is 11.5 Å². The fourth-order valence-electron chi connectivity index (χ4n) is 2.76. The van der Waals surface area contributed by atoms with Crippen molar-refractivity contribution in [1.82, 2.24) is 0 Å². The Bertz CT molecular complexity index is 839. The molecule has 2 N–H and O–H groups in total. The lowest BCUT2D eigenvalue weighted by molar-refractivity contribution is -0.139. The van der Waals surface area contributed by atoms with Crippen LogP contribution in [0.15, 0.2) is 39.4 Å². The second-order valence-electron chi connectivity index (χ2n) is 5.34. The number of nitrogens with two attached hydrogens (primary N) is 1. The smallest absolute Gasteiger partial charge is 0.338 e. The zero-order valence-electron chi connectivity index (χ0n) is 14.9. The number of hydrogen-bond donors (Lipinski definition) is 1. The number of carbonyl (C=O) groups excluding carboxylic acids is 1. The number of carbonyl (C=O) groups is 1. The Morgan fingerprint density at radius 1 is 1.35 bits per heavy atom. The van der Waals surface area contributed by atoms with Crippen LogP contribution in [0.4, 0.5) is 0 Å². The molecule has 1 atom stereocenters. The van der Waals surface area contributed by atoms with Gasteiger partial charge in [-0.1, -0.05) is 15.9 Å². The number of benzene rings is 1. The third-order valence-electron chi connectivity index (χ3n) is 3.91. The molecule has 0 aliphatic carbocycles. The van der Waals surface area contributed by atoms with Crippen LogP contribution in [0.3, 0.4) is 0 Å². The van der Waals surface area contributed by atoms with Crippen molar-refractivity contribution in [2.75, 3.05) is 20.8 Å². The third kappa shape index (κ3) is 3.48. The van der Waals surface area contributed by atoms with Gasteiger partial charge in [-0.05, 0) is 31.5 Å². The summed E-state index contributed by atoms with van der Waals surface area (Å²) in [5.74, 6) is -0.145. The highest BCUT2D eigenvalue weighted by molar-refractivity contribution is 9.10. The van der Waals surface area contributed by atoms with Gasteiger partial charge in [-0.3, -0.25) is 0 Å². The largest absolute Gasteiger partial charge is 0.493 e. The summed E-state index contributed by atoms with van der Waals surface area (Å²) in [6, 6.07) is 5.43. The summed E-state index contributed by atoms with van der Waals surface area (Å²) in [6.07, 6.45) is 0. The van der Waals surface area contributed by atoms with Crippen molar-refractivity contribution in [3.63, 3.8) is 0 Å². The van der Waals surface area contributed by atoms with Crippen molar-refractivity contribution in [2.24, 2.45) is 5.73 Å². The van der Waals surface area contributed by atoms with Crippen molar-refractivity contribution in [2.45, 2.75) is 19.8 Å². The molecule has 0 bridgehead atoms. The van der Waals surface area contributed by atoms with E-state index in [2.05, 4.69) is 15.9 Å². The minimum absolute atomic E-state index is 0.0512. The highest BCUT2D eigenvalue weighted by Gasteiger charge is 2.37. The lowest BCUT2D eigenvalue weighted by atomic mass is 9.83. The molecule has 0 aromatic heterocycles. The van der Waals surface area contributed by atoms with Crippen LogP contribution in [0.1, 0.15) is 25.3 Å². The van der Waals surface area contributed by atoms with Gasteiger partial charge in [-0.15, -0.1) is 0 Å². The first kappa shape index (κ1) is 19.7. The van der Waals surface area contributed by atoms with Crippen LogP contribution in [0, 0.1) is 11.3 Å². The number of esters is 1. The average Bonchev–Trinajstić information content (AvgIpc) is 2.61. The number of nitriles is 1. The highest BCUT2D eigenvalue weighted by Crippen LogP contribution is 2.45. The maximum atomic E-state index is 12.5. The number of ether oxygens (including phenoxy) is 4. The van der Waals surface area contributed by atoms with Crippen LogP contribution >= 0.6 is 15.9 Å². The van der Waals surface area contributed by atoms with E-state index in [1.54, 1.807) is 26.0 Å². The van der Waals surface area contributed by atoms with E-state index in [1.807, 2.05) is 6.07 Å². The summed E-state index contributed by atoms with van der Waals surface area (Å²) in [7, 11) is 3.02. The van der Waals surface area contributed by atoms with Gasteiger partial charge >= 0.3 is 5.97 Å². The molecule has 1 aliphatic rings. The molecule has 1 heterocycles. The van der Waals surface area contributed by atoms with Crippen molar-refractivity contribution >= 4 is 21.9 Å². The molecule has 0 radical (unpaired) electrons. The minimum Gasteiger partial charge on any atom is -0.493 e. The van der Waals surface area contributed by atoms with E-state index in [0.717, 1.165) is 0 Å². The van der Waals surface area contributed by atoms with Gasteiger partial charge in [0.2, 0.25) is 5.88 Å². The third-order valence-corrected chi connectivity index (χ3v) is 4.60. The van der Waals surface area contributed by atoms with Crippen molar-refractivity contribution in [3.05, 3.63) is 45.0 Å². The summed E-state index contributed by atoms with van der Waals surface area (Å²) < 4.78 is 21.8. The second-order valence-corrected chi connectivity index (χ2v) is 6.20. The van der Waals surface area contributed by atoms with Gasteiger partial charge in [-0.25, -0.2) is 4.79 Å². The Hall–Kier alpha value is -2.66. The number of nitrogens with zero attached hydrogens (tertiary/aromatic N) is 1. The van der Waals surface area contributed by atoms with E-state index < -0.39 is 11.9 Å². The van der Waals surface area contributed by atoms with E-state index in [9.17, 15) is 10.1 Å². The van der Waals surface area contributed by atoms with Gasteiger partial charge in [0.25, 0.3) is 0 Å². The molecular formula is C18H19BrN2O5. The van der Waals surface area contributed by atoms with E-state index in [-0.39, 0.29) is 29.4 Å². The monoisotopic (exact) mass is 422 g/mol. The van der Waals surface area contributed by atoms with Crippen LogP contribution in [-0.4, -0.2) is 26.8 Å². The Morgan fingerprint density at radius 3 is 2.50 bits per heavy atom. The summed E-state index contributed by atoms with van der Waals surface area (Å²) in [5, 5.41) is 9.61. The Labute approximate surface area is 160 Å². The Kier molecular flexibility index (Phi) is 6.16. The predicted octanol–water partition coefficient (Wildman–Crippen LogP) is 3.11. The van der Waals surface area contributed by atoms with Crippen molar-refractivity contribution in [1.29, 1.82) is 5.26 Å². The molecule has 8 heteroatoms. The molecule has 0 saturated carbocycles. The first-order chi connectivity index (χ1) is 12.4. The molecule has 0 amide bonds. The van der Waals surface area contributed by atoms with Crippen LogP contribution in [0.25, 0.3) is 0 Å². The first-order valence-corrected chi connectivity index (χ1v) is 8.55. The summed E-state index contributed by atoms with van der Waals surface area (Å²) in [4.78, 5) is 12.5. The molecule has 0 saturated heterocycles. The zero-order chi connectivity index (χ0) is 19.4. The molecule has 0 fully saturated rings. The topological polar surface area (TPSA) is 104 Å². The number of rotatable bonds is 5. The van der Waals surface area contributed by atoms with E-state index in [4.69, 9.17) is 24.7 Å². The maximum Gasteiger partial charge on any atom is 0.338 e. The number of hydrogen-bond acceptors (Lipinski definition) is 7.